The summed E-state index contributed by atoms with van der Waals surface area (Å²) in [5.74, 6) is -0.109. The predicted octanol–water partition coefficient (Wildman–Crippen LogP) is 2.56. The third-order valence-electron chi connectivity index (χ3n) is 2.46. The molecule has 0 saturated carbocycles. The summed E-state index contributed by atoms with van der Waals surface area (Å²) in [7, 11) is 0. The molecule has 2 heterocycles. The summed E-state index contributed by atoms with van der Waals surface area (Å²) in [4.78, 5) is 13.0. The Morgan fingerprint density at radius 2 is 2.18 bits per heavy atom. The summed E-state index contributed by atoms with van der Waals surface area (Å²) >= 11 is 1.55. The highest BCUT2D eigenvalue weighted by molar-refractivity contribution is 7.09. The van der Waals surface area contributed by atoms with Crippen LogP contribution in [-0.2, 0) is 13.0 Å². The van der Waals surface area contributed by atoms with Crippen molar-refractivity contribution < 1.29 is 4.39 Å². The number of thiazole rings is 1. The van der Waals surface area contributed by atoms with Gasteiger partial charge in [-0.05, 0) is 13.3 Å². The SMILES string of the molecule is CCc1ncnc(NCc2scnc2C)c1F. The molecule has 6 heteroatoms. The van der Waals surface area contributed by atoms with E-state index in [2.05, 4.69) is 20.3 Å². The molecule has 0 unspecified atom stereocenters. The Morgan fingerprint density at radius 3 is 2.82 bits per heavy atom. The van der Waals surface area contributed by atoms with Crippen molar-refractivity contribution in [2.75, 3.05) is 5.32 Å². The molecule has 0 aliphatic heterocycles. The molecule has 0 fully saturated rings. The first-order chi connectivity index (χ1) is 8.22. The van der Waals surface area contributed by atoms with Gasteiger partial charge in [0.2, 0.25) is 0 Å². The van der Waals surface area contributed by atoms with Crippen molar-refractivity contribution >= 4 is 17.2 Å². The molecule has 0 spiro atoms. The molecule has 17 heavy (non-hydrogen) atoms. The molecule has 4 nitrogen and oxygen atoms in total. The van der Waals surface area contributed by atoms with E-state index in [1.165, 1.54) is 6.33 Å². The lowest BCUT2D eigenvalue weighted by Crippen LogP contribution is -2.06. The van der Waals surface area contributed by atoms with Crippen molar-refractivity contribution in [3.8, 4) is 0 Å². The molecule has 1 N–H and O–H groups in total. The zero-order valence-electron chi connectivity index (χ0n) is 9.70. The van der Waals surface area contributed by atoms with E-state index in [0.717, 1.165) is 10.6 Å². The highest BCUT2D eigenvalue weighted by Gasteiger charge is 2.10. The van der Waals surface area contributed by atoms with Gasteiger partial charge in [-0.25, -0.2) is 19.3 Å². The maximum absolute atomic E-state index is 13.8. The summed E-state index contributed by atoms with van der Waals surface area (Å²) in [5, 5.41) is 2.98. The number of aromatic nitrogens is 3. The summed E-state index contributed by atoms with van der Waals surface area (Å²) in [6, 6.07) is 0. The van der Waals surface area contributed by atoms with Crippen molar-refractivity contribution in [1.29, 1.82) is 0 Å². The summed E-state index contributed by atoms with van der Waals surface area (Å²) in [6.45, 7) is 4.33. The lowest BCUT2D eigenvalue weighted by atomic mass is 10.3. The minimum absolute atomic E-state index is 0.254. The molecular weight excluding hydrogens is 239 g/mol. The van der Waals surface area contributed by atoms with Crippen LogP contribution in [-0.4, -0.2) is 15.0 Å². The van der Waals surface area contributed by atoms with E-state index in [1.807, 2.05) is 13.8 Å². The van der Waals surface area contributed by atoms with Gasteiger partial charge in [0, 0.05) is 4.88 Å². The third-order valence-corrected chi connectivity index (χ3v) is 3.39. The smallest absolute Gasteiger partial charge is 0.186 e. The van der Waals surface area contributed by atoms with Gasteiger partial charge in [0.15, 0.2) is 11.6 Å². The van der Waals surface area contributed by atoms with Gasteiger partial charge < -0.3 is 5.32 Å². The maximum Gasteiger partial charge on any atom is 0.186 e. The topological polar surface area (TPSA) is 50.7 Å². The molecule has 0 radical (unpaired) electrons. The number of aryl methyl sites for hydroxylation is 2. The van der Waals surface area contributed by atoms with Gasteiger partial charge >= 0.3 is 0 Å². The molecule has 0 atom stereocenters. The third kappa shape index (κ3) is 2.58. The van der Waals surface area contributed by atoms with Crippen molar-refractivity contribution in [2.24, 2.45) is 0 Å². The fourth-order valence-electron chi connectivity index (χ4n) is 1.44. The van der Waals surface area contributed by atoms with Crippen LogP contribution in [0.25, 0.3) is 0 Å². The van der Waals surface area contributed by atoms with Gasteiger partial charge in [-0.3, -0.25) is 0 Å². The van der Waals surface area contributed by atoms with E-state index in [0.29, 0.717) is 18.7 Å². The molecule has 0 bridgehead atoms. The molecule has 0 saturated heterocycles. The molecule has 0 aromatic carbocycles. The summed E-state index contributed by atoms with van der Waals surface area (Å²) in [5.41, 5.74) is 3.18. The Hall–Kier alpha value is -1.56. The number of rotatable bonds is 4. The molecule has 2 aromatic heterocycles. The zero-order valence-corrected chi connectivity index (χ0v) is 10.5. The minimum atomic E-state index is -0.364. The van der Waals surface area contributed by atoms with Gasteiger partial charge in [0.1, 0.15) is 6.33 Å². The number of hydrogen-bond acceptors (Lipinski definition) is 5. The van der Waals surface area contributed by atoms with Gasteiger partial charge in [0.25, 0.3) is 0 Å². The number of nitrogens with zero attached hydrogens (tertiary/aromatic N) is 3. The van der Waals surface area contributed by atoms with E-state index >= 15 is 0 Å². The molecule has 0 aliphatic carbocycles. The van der Waals surface area contributed by atoms with E-state index in [9.17, 15) is 4.39 Å². The van der Waals surface area contributed by atoms with Crippen LogP contribution in [0.4, 0.5) is 10.2 Å². The van der Waals surface area contributed by atoms with Crippen molar-refractivity contribution in [1.82, 2.24) is 15.0 Å². The van der Waals surface area contributed by atoms with Gasteiger partial charge in [-0.15, -0.1) is 11.3 Å². The zero-order chi connectivity index (χ0) is 12.3. The average Bonchev–Trinajstić information content (AvgIpc) is 2.74. The standard InChI is InChI=1S/C11H13FN4S/c1-3-8-10(12)11(15-5-14-8)13-4-9-7(2)16-6-17-9/h5-6H,3-4H2,1-2H3,(H,13,14,15). The van der Waals surface area contributed by atoms with Crippen LogP contribution >= 0.6 is 11.3 Å². The highest BCUT2D eigenvalue weighted by Crippen LogP contribution is 2.17. The fourth-order valence-corrected chi connectivity index (χ4v) is 2.15. The highest BCUT2D eigenvalue weighted by atomic mass is 32.1. The van der Waals surface area contributed by atoms with E-state index in [4.69, 9.17) is 0 Å². The average molecular weight is 252 g/mol. The maximum atomic E-state index is 13.8. The summed E-state index contributed by atoms with van der Waals surface area (Å²) < 4.78 is 13.8. The number of hydrogen-bond donors (Lipinski definition) is 1. The van der Waals surface area contributed by atoms with E-state index in [1.54, 1.807) is 16.8 Å². The Bertz CT molecular complexity index is 512. The van der Waals surface area contributed by atoms with E-state index < -0.39 is 0 Å². The molecular formula is C11H13FN4S. The second-order valence-corrected chi connectivity index (χ2v) is 4.49. The van der Waals surface area contributed by atoms with Crippen molar-refractivity contribution in [2.45, 2.75) is 26.8 Å². The Balaban J connectivity index is 2.12. The largest absolute Gasteiger partial charge is 0.363 e. The minimum Gasteiger partial charge on any atom is -0.363 e. The molecule has 90 valence electrons. The molecule has 2 aromatic rings. The Morgan fingerprint density at radius 1 is 1.35 bits per heavy atom. The summed E-state index contributed by atoms with van der Waals surface area (Å²) in [6.07, 6.45) is 1.94. The lowest BCUT2D eigenvalue weighted by Gasteiger charge is -2.07. The van der Waals surface area contributed by atoms with Crippen LogP contribution < -0.4 is 5.32 Å². The Labute approximate surface area is 103 Å². The van der Waals surface area contributed by atoms with Crippen LogP contribution in [0, 0.1) is 12.7 Å². The first-order valence-electron chi connectivity index (χ1n) is 5.34. The molecule has 2 rings (SSSR count). The van der Waals surface area contributed by atoms with Gasteiger partial charge in [0.05, 0.1) is 23.4 Å². The van der Waals surface area contributed by atoms with Crippen LogP contribution in [0.1, 0.15) is 23.2 Å². The predicted molar refractivity (Wildman–Crippen MR) is 65.5 cm³/mol. The van der Waals surface area contributed by atoms with Crippen LogP contribution in [0.5, 0.6) is 0 Å². The van der Waals surface area contributed by atoms with Gasteiger partial charge in [-0.1, -0.05) is 6.92 Å². The number of halogens is 1. The van der Waals surface area contributed by atoms with Crippen LogP contribution in [0.15, 0.2) is 11.8 Å². The second-order valence-electron chi connectivity index (χ2n) is 3.55. The number of anilines is 1. The van der Waals surface area contributed by atoms with Crippen LogP contribution in [0.2, 0.25) is 0 Å². The fraction of sp³-hybridized carbons (Fsp3) is 0.364. The lowest BCUT2D eigenvalue weighted by molar-refractivity contribution is 0.596. The van der Waals surface area contributed by atoms with Gasteiger partial charge in [-0.2, -0.15) is 0 Å². The van der Waals surface area contributed by atoms with Crippen molar-refractivity contribution in [3.05, 3.63) is 33.9 Å². The molecule has 0 aliphatic rings. The van der Waals surface area contributed by atoms with E-state index in [-0.39, 0.29) is 11.6 Å². The quantitative estimate of drug-likeness (QED) is 0.908. The monoisotopic (exact) mass is 252 g/mol. The first-order valence-corrected chi connectivity index (χ1v) is 6.22. The van der Waals surface area contributed by atoms with Crippen molar-refractivity contribution in [3.63, 3.8) is 0 Å². The van der Waals surface area contributed by atoms with Crippen LogP contribution in [0.3, 0.4) is 0 Å². The normalized spacial score (nSPS) is 10.5. The Kier molecular flexibility index (Phi) is 3.63. The first kappa shape index (κ1) is 11.9. The molecule has 0 amide bonds. The number of nitrogens with one attached hydrogen (secondary N) is 1. The second kappa shape index (κ2) is 5.18.